The molecule has 1 aliphatic heterocycles. The summed E-state index contributed by atoms with van der Waals surface area (Å²) in [6.07, 6.45) is 7.86. The Kier molecular flexibility index (Phi) is 4.78. The summed E-state index contributed by atoms with van der Waals surface area (Å²) < 4.78 is 7.67. The third-order valence-electron chi connectivity index (χ3n) is 3.45. The smallest absolute Gasteiger partial charge is 0.0592 e. The van der Waals surface area contributed by atoms with E-state index in [1.807, 2.05) is 17.9 Å². The molecule has 2 rings (SSSR count). The summed E-state index contributed by atoms with van der Waals surface area (Å²) in [5.41, 5.74) is 1.25. The molecule has 1 aromatic rings. The van der Waals surface area contributed by atoms with Gasteiger partial charge in [0.1, 0.15) is 0 Å². The quantitative estimate of drug-likeness (QED) is 0.871. The molecule has 102 valence electrons. The number of nitrogens with zero attached hydrogens (tertiary/aromatic N) is 2. The van der Waals surface area contributed by atoms with E-state index in [2.05, 4.69) is 30.5 Å². The molecular formula is C14H25N3O. The summed E-state index contributed by atoms with van der Waals surface area (Å²) in [6, 6.07) is 0.586. The van der Waals surface area contributed by atoms with Crippen molar-refractivity contribution in [1.82, 2.24) is 15.1 Å². The van der Waals surface area contributed by atoms with Crippen molar-refractivity contribution in [3.8, 4) is 0 Å². The minimum atomic E-state index is 0.435. The van der Waals surface area contributed by atoms with Gasteiger partial charge in [-0.05, 0) is 25.2 Å². The van der Waals surface area contributed by atoms with Crippen molar-refractivity contribution in [2.45, 2.75) is 51.8 Å². The van der Waals surface area contributed by atoms with Crippen LogP contribution in [0.2, 0.25) is 0 Å². The van der Waals surface area contributed by atoms with Crippen molar-refractivity contribution < 1.29 is 4.74 Å². The van der Waals surface area contributed by atoms with E-state index in [1.165, 1.54) is 12.0 Å². The molecular weight excluding hydrogens is 226 g/mol. The number of hydrogen-bond acceptors (Lipinski definition) is 3. The molecule has 1 aromatic heterocycles. The fraction of sp³-hybridized carbons (Fsp3) is 0.786. The van der Waals surface area contributed by atoms with E-state index in [0.717, 1.165) is 26.0 Å². The normalized spacial score (nSPS) is 24.7. The Bertz CT molecular complexity index is 362. The van der Waals surface area contributed by atoms with E-state index in [9.17, 15) is 0 Å². The summed E-state index contributed by atoms with van der Waals surface area (Å²) in [7, 11) is 1.95. The number of aromatic nitrogens is 2. The summed E-state index contributed by atoms with van der Waals surface area (Å²) in [5.74, 6) is 0.715. The standard InChI is InChI=1S/C14H25N3O/c1-11(2)6-14-7-13(4-5-18-14)15-8-12-9-16-17(3)10-12/h9-11,13-15H,4-8H2,1-3H3/t13-,14+/m1/s1. The molecule has 4 heteroatoms. The molecule has 0 bridgehead atoms. The molecule has 0 saturated carbocycles. The van der Waals surface area contributed by atoms with Crippen molar-refractivity contribution in [2.75, 3.05) is 6.61 Å². The van der Waals surface area contributed by atoms with E-state index in [4.69, 9.17) is 4.74 Å². The van der Waals surface area contributed by atoms with Gasteiger partial charge in [0.05, 0.1) is 12.3 Å². The average Bonchev–Trinajstić information content (AvgIpc) is 2.72. The third-order valence-corrected chi connectivity index (χ3v) is 3.45. The van der Waals surface area contributed by atoms with Gasteiger partial charge < -0.3 is 10.1 Å². The molecule has 0 amide bonds. The molecule has 0 radical (unpaired) electrons. The lowest BCUT2D eigenvalue weighted by molar-refractivity contribution is -0.00957. The van der Waals surface area contributed by atoms with Crippen LogP contribution in [-0.4, -0.2) is 28.5 Å². The molecule has 18 heavy (non-hydrogen) atoms. The van der Waals surface area contributed by atoms with Crippen molar-refractivity contribution in [3.05, 3.63) is 18.0 Å². The van der Waals surface area contributed by atoms with Crippen LogP contribution >= 0.6 is 0 Å². The number of aryl methyl sites for hydroxylation is 1. The van der Waals surface area contributed by atoms with Crippen molar-refractivity contribution in [1.29, 1.82) is 0 Å². The molecule has 1 saturated heterocycles. The van der Waals surface area contributed by atoms with Crippen LogP contribution in [0, 0.1) is 5.92 Å². The fourth-order valence-corrected chi connectivity index (χ4v) is 2.58. The first kappa shape index (κ1) is 13.6. The van der Waals surface area contributed by atoms with Gasteiger partial charge in [-0.3, -0.25) is 4.68 Å². The van der Waals surface area contributed by atoms with Gasteiger partial charge in [0.25, 0.3) is 0 Å². The maximum absolute atomic E-state index is 5.82. The van der Waals surface area contributed by atoms with Crippen LogP contribution in [0.1, 0.15) is 38.7 Å². The maximum atomic E-state index is 5.82. The lowest BCUT2D eigenvalue weighted by atomic mass is 9.96. The second-order valence-electron chi connectivity index (χ2n) is 5.75. The van der Waals surface area contributed by atoms with Gasteiger partial charge in [-0.2, -0.15) is 5.10 Å². The molecule has 1 aliphatic rings. The predicted octanol–water partition coefficient (Wildman–Crippen LogP) is 2.10. The van der Waals surface area contributed by atoms with Crippen LogP contribution in [0.4, 0.5) is 0 Å². The van der Waals surface area contributed by atoms with E-state index in [1.54, 1.807) is 0 Å². The van der Waals surface area contributed by atoms with Gasteiger partial charge in [-0.1, -0.05) is 13.8 Å². The zero-order chi connectivity index (χ0) is 13.0. The van der Waals surface area contributed by atoms with Gasteiger partial charge in [0.15, 0.2) is 0 Å². The van der Waals surface area contributed by atoms with Gasteiger partial charge in [-0.25, -0.2) is 0 Å². The number of ether oxygens (including phenoxy) is 1. The third kappa shape index (κ3) is 4.10. The Morgan fingerprint density at radius 3 is 3.06 bits per heavy atom. The van der Waals surface area contributed by atoms with Crippen molar-refractivity contribution in [3.63, 3.8) is 0 Å². The molecule has 0 spiro atoms. The molecule has 4 nitrogen and oxygen atoms in total. The molecule has 2 atom stereocenters. The Labute approximate surface area is 110 Å². The predicted molar refractivity (Wildman–Crippen MR) is 72.3 cm³/mol. The van der Waals surface area contributed by atoms with Gasteiger partial charge in [0.2, 0.25) is 0 Å². The second-order valence-corrected chi connectivity index (χ2v) is 5.75. The van der Waals surface area contributed by atoms with E-state index in [0.29, 0.717) is 18.1 Å². The largest absolute Gasteiger partial charge is 0.378 e. The molecule has 2 heterocycles. The topological polar surface area (TPSA) is 39.1 Å². The molecule has 1 N–H and O–H groups in total. The first-order valence-electron chi connectivity index (χ1n) is 6.96. The molecule has 0 unspecified atom stereocenters. The van der Waals surface area contributed by atoms with Crippen molar-refractivity contribution in [2.24, 2.45) is 13.0 Å². The Balaban J connectivity index is 1.75. The van der Waals surface area contributed by atoms with Crippen molar-refractivity contribution >= 4 is 0 Å². The van der Waals surface area contributed by atoms with Gasteiger partial charge in [0, 0.05) is 38.0 Å². The number of nitrogens with one attached hydrogen (secondary N) is 1. The number of rotatable bonds is 5. The van der Waals surface area contributed by atoms with E-state index >= 15 is 0 Å². The average molecular weight is 251 g/mol. The first-order chi connectivity index (χ1) is 8.63. The first-order valence-corrected chi connectivity index (χ1v) is 6.96. The highest BCUT2D eigenvalue weighted by atomic mass is 16.5. The monoisotopic (exact) mass is 251 g/mol. The second kappa shape index (κ2) is 6.34. The van der Waals surface area contributed by atoms with Crippen LogP contribution in [-0.2, 0) is 18.3 Å². The Morgan fingerprint density at radius 1 is 1.56 bits per heavy atom. The highest BCUT2D eigenvalue weighted by molar-refractivity contribution is 5.03. The minimum absolute atomic E-state index is 0.435. The summed E-state index contributed by atoms with van der Waals surface area (Å²) in [6.45, 7) is 6.32. The van der Waals surface area contributed by atoms with E-state index < -0.39 is 0 Å². The molecule has 1 fully saturated rings. The Hall–Kier alpha value is -0.870. The number of hydrogen-bond donors (Lipinski definition) is 1. The highest BCUT2D eigenvalue weighted by Gasteiger charge is 2.22. The Morgan fingerprint density at radius 2 is 2.39 bits per heavy atom. The maximum Gasteiger partial charge on any atom is 0.0592 e. The summed E-state index contributed by atoms with van der Waals surface area (Å²) in [5, 5.41) is 7.81. The van der Waals surface area contributed by atoms with Gasteiger partial charge in [-0.15, -0.1) is 0 Å². The van der Waals surface area contributed by atoms with Crippen LogP contribution in [0.25, 0.3) is 0 Å². The zero-order valence-corrected chi connectivity index (χ0v) is 11.7. The van der Waals surface area contributed by atoms with Crippen LogP contribution < -0.4 is 5.32 Å². The minimum Gasteiger partial charge on any atom is -0.378 e. The summed E-state index contributed by atoms with van der Waals surface area (Å²) >= 11 is 0. The fourth-order valence-electron chi connectivity index (χ4n) is 2.58. The zero-order valence-electron chi connectivity index (χ0n) is 11.7. The van der Waals surface area contributed by atoms with Gasteiger partial charge >= 0.3 is 0 Å². The SMILES string of the molecule is CC(C)C[C@H]1C[C@H](NCc2cnn(C)c2)CCO1. The molecule has 0 aliphatic carbocycles. The van der Waals surface area contributed by atoms with Crippen LogP contribution in [0.15, 0.2) is 12.4 Å². The lowest BCUT2D eigenvalue weighted by Gasteiger charge is -2.31. The molecule has 0 aromatic carbocycles. The van der Waals surface area contributed by atoms with Crippen LogP contribution in [0.5, 0.6) is 0 Å². The van der Waals surface area contributed by atoms with E-state index in [-0.39, 0.29) is 0 Å². The van der Waals surface area contributed by atoms with Crippen LogP contribution in [0.3, 0.4) is 0 Å². The summed E-state index contributed by atoms with van der Waals surface area (Å²) in [4.78, 5) is 0. The highest BCUT2D eigenvalue weighted by Crippen LogP contribution is 2.20. The lowest BCUT2D eigenvalue weighted by Crippen LogP contribution is -2.39.